The van der Waals surface area contributed by atoms with Gasteiger partial charge in [-0.2, -0.15) is 0 Å². The van der Waals surface area contributed by atoms with Gasteiger partial charge in [0.15, 0.2) is 0 Å². The van der Waals surface area contributed by atoms with Crippen molar-refractivity contribution in [2.24, 2.45) is 4.99 Å². The van der Waals surface area contributed by atoms with Crippen LogP contribution in [0.5, 0.6) is 0 Å². The highest BCUT2D eigenvalue weighted by atomic mass is 79.9. The van der Waals surface area contributed by atoms with Crippen molar-refractivity contribution in [3.05, 3.63) is 31.7 Å². The first-order chi connectivity index (χ1) is 5.66. The third-order valence-corrected chi connectivity index (χ3v) is 3.42. The molecule has 2 nitrogen and oxygen atoms in total. The number of amides is 1. The van der Waals surface area contributed by atoms with Gasteiger partial charge in [-0.3, -0.25) is 4.79 Å². The number of hydrogen-bond acceptors (Lipinski definition) is 1. The molecule has 0 saturated heterocycles. The molecule has 1 aliphatic heterocycles. The minimum absolute atomic E-state index is 0.185. The van der Waals surface area contributed by atoms with Gasteiger partial charge in [-0.05, 0) is 44.0 Å². The van der Waals surface area contributed by atoms with Crippen molar-refractivity contribution in [3.63, 3.8) is 0 Å². The van der Waals surface area contributed by atoms with Gasteiger partial charge in [0.25, 0.3) is 5.91 Å². The molecular formula is C8H3Br2NO. The second-order valence-corrected chi connectivity index (χ2v) is 4.13. The summed E-state index contributed by atoms with van der Waals surface area (Å²) in [4.78, 5) is 14.7. The molecule has 1 heterocycles. The normalized spacial score (nSPS) is 13.7. The summed E-state index contributed by atoms with van der Waals surface area (Å²) >= 11 is 6.69. The van der Waals surface area contributed by atoms with Crippen molar-refractivity contribution in [1.29, 1.82) is 0 Å². The van der Waals surface area contributed by atoms with Gasteiger partial charge in [0, 0.05) is 20.2 Å². The van der Waals surface area contributed by atoms with Gasteiger partial charge in [0.1, 0.15) is 0 Å². The van der Waals surface area contributed by atoms with Crippen LogP contribution in [0.4, 0.5) is 0 Å². The van der Waals surface area contributed by atoms with E-state index in [2.05, 4.69) is 36.9 Å². The zero-order chi connectivity index (χ0) is 8.72. The van der Waals surface area contributed by atoms with E-state index in [1.807, 2.05) is 12.1 Å². The monoisotopic (exact) mass is 287 g/mol. The van der Waals surface area contributed by atoms with Crippen LogP contribution in [0.2, 0.25) is 0 Å². The Morgan fingerprint density at radius 2 is 1.83 bits per heavy atom. The molecule has 4 heteroatoms. The van der Waals surface area contributed by atoms with Crippen LogP contribution in [-0.4, -0.2) is 5.91 Å². The molecule has 12 heavy (non-hydrogen) atoms. The van der Waals surface area contributed by atoms with Gasteiger partial charge < -0.3 is 0 Å². The van der Waals surface area contributed by atoms with E-state index in [0.717, 1.165) is 19.5 Å². The van der Waals surface area contributed by atoms with E-state index >= 15 is 0 Å². The standard InChI is InChI=1S/C8H3Br2NO/c9-5-1-4-2-8(12)11-7(4)3-6(5)10/h1-3H. The Morgan fingerprint density at radius 3 is 2.58 bits per heavy atom. The fourth-order valence-corrected chi connectivity index (χ4v) is 1.74. The van der Waals surface area contributed by atoms with Crippen LogP contribution in [0.1, 0.15) is 0 Å². The van der Waals surface area contributed by atoms with Crippen LogP contribution in [-0.2, 0) is 4.79 Å². The molecule has 0 aliphatic carbocycles. The predicted molar refractivity (Wildman–Crippen MR) is 52.1 cm³/mol. The summed E-state index contributed by atoms with van der Waals surface area (Å²) in [5, 5.41) is 1.60. The molecule has 1 aromatic carbocycles. The molecule has 0 radical (unpaired) electrons. The number of rotatable bonds is 0. The number of hydrogen-bond donors (Lipinski definition) is 0. The lowest BCUT2D eigenvalue weighted by molar-refractivity contribution is -0.112. The SMILES string of the molecule is O=C1C=c2cc(Br)c(Br)cc2=N1. The lowest BCUT2D eigenvalue weighted by Crippen LogP contribution is -2.20. The number of carbonyl (C=O) groups is 1. The van der Waals surface area contributed by atoms with E-state index in [-0.39, 0.29) is 5.91 Å². The summed E-state index contributed by atoms with van der Waals surface area (Å²) in [5.74, 6) is -0.185. The van der Waals surface area contributed by atoms with Crippen LogP contribution in [0.3, 0.4) is 0 Å². The van der Waals surface area contributed by atoms with E-state index in [0.29, 0.717) is 0 Å². The van der Waals surface area contributed by atoms with Crippen LogP contribution >= 0.6 is 31.9 Å². The van der Waals surface area contributed by atoms with Gasteiger partial charge in [-0.1, -0.05) is 0 Å². The fourth-order valence-electron chi connectivity index (χ4n) is 1.05. The minimum Gasteiger partial charge on any atom is -0.267 e. The molecule has 1 aromatic rings. The van der Waals surface area contributed by atoms with Crippen molar-refractivity contribution in [1.82, 2.24) is 0 Å². The average molecular weight is 289 g/mol. The summed E-state index contributed by atoms with van der Waals surface area (Å²) in [6.45, 7) is 0. The van der Waals surface area contributed by atoms with Crippen molar-refractivity contribution in [3.8, 4) is 0 Å². The second-order valence-electron chi connectivity index (χ2n) is 2.42. The van der Waals surface area contributed by atoms with Gasteiger partial charge in [0.2, 0.25) is 0 Å². The number of carbonyl (C=O) groups excluding carboxylic acids is 1. The number of fused-ring (bicyclic) bond motifs is 1. The molecule has 2 rings (SSSR count). The molecule has 0 unspecified atom stereocenters. The molecule has 0 bridgehead atoms. The maximum absolute atomic E-state index is 10.9. The fraction of sp³-hybridized carbons (Fsp3) is 0. The highest BCUT2D eigenvalue weighted by Gasteiger charge is 2.05. The first kappa shape index (κ1) is 8.13. The van der Waals surface area contributed by atoms with Crippen LogP contribution in [0.25, 0.3) is 6.08 Å². The van der Waals surface area contributed by atoms with Crippen LogP contribution < -0.4 is 10.6 Å². The summed E-state index contributed by atoms with van der Waals surface area (Å²) in [5.41, 5.74) is 0. The Kier molecular flexibility index (Phi) is 1.88. The van der Waals surface area contributed by atoms with Gasteiger partial charge in [-0.25, -0.2) is 4.99 Å². The van der Waals surface area contributed by atoms with Crippen LogP contribution in [0.15, 0.2) is 26.1 Å². The molecule has 60 valence electrons. The second kappa shape index (κ2) is 2.78. The zero-order valence-electron chi connectivity index (χ0n) is 5.84. The third kappa shape index (κ3) is 1.25. The number of nitrogens with zero attached hydrogens (tertiary/aromatic N) is 1. The van der Waals surface area contributed by atoms with Gasteiger partial charge >= 0.3 is 0 Å². The summed E-state index contributed by atoms with van der Waals surface area (Å²) in [7, 11) is 0. The lowest BCUT2D eigenvalue weighted by Gasteiger charge is -1.92. The maximum atomic E-state index is 10.9. The predicted octanol–water partition coefficient (Wildman–Crippen LogP) is 1.15. The van der Waals surface area contributed by atoms with E-state index in [4.69, 9.17) is 0 Å². The smallest absolute Gasteiger partial charge is 0.267 e. The Labute approximate surface area is 85.3 Å². The first-order valence-corrected chi connectivity index (χ1v) is 4.85. The average Bonchev–Trinajstić information content (AvgIpc) is 2.30. The van der Waals surface area contributed by atoms with E-state index in [1.54, 1.807) is 0 Å². The minimum atomic E-state index is -0.185. The molecular weight excluding hydrogens is 286 g/mol. The highest BCUT2D eigenvalue weighted by Crippen LogP contribution is 2.18. The Bertz CT molecular complexity index is 436. The van der Waals surface area contributed by atoms with Crippen molar-refractivity contribution in [2.45, 2.75) is 0 Å². The quantitative estimate of drug-likeness (QED) is 0.704. The molecule has 0 N–H and O–H groups in total. The lowest BCUT2D eigenvalue weighted by atomic mass is 10.3. The van der Waals surface area contributed by atoms with Crippen molar-refractivity contribution in [2.75, 3.05) is 0 Å². The highest BCUT2D eigenvalue weighted by molar-refractivity contribution is 9.13. The third-order valence-electron chi connectivity index (χ3n) is 1.58. The van der Waals surface area contributed by atoms with Gasteiger partial charge in [0.05, 0.1) is 5.36 Å². The van der Waals surface area contributed by atoms with E-state index < -0.39 is 0 Å². The maximum Gasteiger partial charge on any atom is 0.270 e. The summed E-state index contributed by atoms with van der Waals surface area (Å²) < 4.78 is 1.84. The molecule has 0 aromatic heterocycles. The summed E-state index contributed by atoms with van der Waals surface area (Å²) in [6, 6.07) is 3.69. The van der Waals surface area contributed by atoms with Crippen molar-refractivity contribution < 1.29 is 4.79 Å². The largest absolute Gasteiger partial charge is 0.270 e. The van der Waals surface area contributed by atoms with E-state index in [9.17, 15) is 4.79 Å². The topological polar surface area (TPSA) is 29.4 Å². The number of halogens is 2. The number of benzene rings is 1. The Balaban J connectivity index is 2.89. The Hall–Kier alpha value is -0.480. The first-order valence-electron chi connectivity index (χ1n) is 3.26. The van der Waals surface area contributed by atoms with E-state index in [1.165, 1.54) is 6.08 Å². The molecule has 0 spiro atoms. The Morgan fingerprint density at radius 1 is 1.17 bits per heavy atom. The van der Waals surface area contributed by atoms with Crippen LogP contribution in [0, 0.1) is 0 Å². The molecule has 1 amide bonds. The molecule has 1 aliphatic rings. The summed E-state index contributed by atoms with van der Waals surface area (Å²) in [6.07, 6.45) is 1.52. The molecule has 0 fully saturated rings. The van der Waals surface area contributed by atoms with Gasteiger partial charge in [-0.15, -0.1) is 0 Å². The van der Waals surface area contributed by atoms with Crippen molar-refractivity contribution >= 4 is 43.8 Å². The molecule has 0 atom stereocenters. The zero-order valence-corrected chi connectivity index (χ0v) is 9.02. The molecule has 0 saturated carbocycles.